The molecule has 1 heterocycles. The molecule has 27 heavy (non-hydrogen) atoms. The summed E-state index contributed by atoms with van der Waals surface area (Å²) in [4.78, 5) is 14.1. The first-order chi connectivity index (χ1) is 13.0. The van der Waals surface area contributed by atoms with Gasteiger partial charge >= 0.3 is 0 Å². The Kier molecular flexibility index (Phi) is 6.36. The fourth-order valence-electron chi connectivity index (χ4n) is 3.01. The van der Waals surface area contributed by atoms with Crippen LogP contribution in [0.1, 0.15) is 10.4 Å². The monoisotopic (exact) mass is 407 g/mol. The second-order valence-electron chi connectivity index (χ2n) is 6.30. The van der Waals surface area contributed by atoms with Gasteiger partial charge in [0.1, 0.15) is 0 Å². The van der Waals surface area contributed by atoms with Crippen molar-refractivity contribution in [1.29, 1.82) is 0 Å². The number of sulfonamides is 1. The zero-order valence-electron chi connectivity index (χ0n) is 14.8. The Morgan fingerprint density at radius 3 is 2.37 bits per heavy atom. The van der Waals surface area contributed by atoms with E-state index >= 15 is 0 Å². The van der Waals surface area contributed by atoms with Crippen LogP contribution >= 0.6 is 11.6 Å². The first-order valence-electron chi connectivity index (χ1n) is 8.77. The highest BCUT2D eigenvalue weighted by molar-refractivity contribution is 7.89. The van der Waals surface area contributed by atoms with E-state index in [4.69, 9.17) is 11.6 Å². The first-order valence-corrected chi connectivity index (χ1v) is 10.8. The largest absolute Gasteiger partial charge is 0.369 e. The van der Waals surface area contributed by atoms with Gasteiger partial charge in [0.2, 0.25) is 10.0 Å². The van der Waals surface area contributed by atoms with Gasteiger partial charge < -0.3 is 10.2 Å². The molecule has 0 saturated carbocycles. The van der Waals surface area contributed by atoms with Crippen LogP contribution in [0.15, 0.2) is 54.6 Å². The number of amides is 1. The molecule has 6 nitrogen and oxygen atoms in total. The maximum atomic E-state index is 12.5. The zero-order valence-corrected chi connectivity index (χ0v) is 16.4. The Labute approximate surface area is 164 Å². The van der Waals surface area contributed by atoms with E-state index in [9.17, 15) is 13.2 Å². The normalized spacial score (nSPS) is 15.5. The number of carbonyl (C=O) groups is 1. The lowest BCUT2D eigenvalue weighted by atomic mass is 10.2. The number of hydrogen-bond donors (Lipinski definition) is 1. The van der Waals surface area contributed by atoms with Crippen molar-refractivity contribution < 1.29 is 13.2 Å². The van der Waals surface area contributed by atoms with Crippen LogP contribution in [0.5, 0.6) is 0 Å². The predicted molar refractivity (Wildman–Crippen MR) is 108 cm³/mol. The summed E-state index contributed by atoms with van der Waals surface area (Å²) in [7, 11) is -3.41. The summed E-state index contributed by atoms with van der Waals surface area (Å²) in [5.74, 6) is -0.375. The van der Waals surface area contributed by atoms with Crippen LogP contribution in [0.2, 0.25) is 5.02 Å². The first kappa shape index (κ1) is 19.7. The lowest BCUT2D eigenvalue weighted by Gasteiger charge is -2.35. The van der Waals surface area contributed by atoms with Gasteiger partial charge in [-0.25, -0.2) is 8.42 Å². The summed E-state index contributed by atoms with van der Waals surface area (Å²) < 4.78 is 26.6. The topological polar surface area (TPSA) is 69.7 Å². The van der Waals surface area contributed by atoms with E-state index in [0.29, 0.717) is 36.8 Å². The number of anilines is 1. The molecule has 1 N–H and O–H groups in total. The molecule has 1 aliphatic heterocycles. The summed E-state index contributed by atoms with van der Waals surface area (Å²) in [6.07, 6.45) is 0. The van der Waals surface area contributed by atoms with Crippen molar-refractivity contribution in [3.63, 3.8) is 0 Å². The summed E-state index contributed by atoms with van der Waals surface area (Å²) in [5.41, 5.74) is 1.51. The van der Waals surface area contributed by atoms with Gasteiger partial charge in [-0.15, -0.1) is 0 Å². The summed E-state index contributed by atoms with van der Waals surface area (Å²) in [5, 5.41) is 3.33. The lowest BCUT2D eigenvalue weighted by molar-refractivity contribution is 0.0956. The maximum absolute atomic E-state index is 12.5. The summed E-state index contributed by atoms with van der Waals surface area (Å²) in [6, 6.07) is 16.3. The summed E-state index contributed by atoms with van der Waals surface area (Å²) >= 11 is 6.02. The Bertz CT molecular complexity index is 882. The minimum Gasteiger partial charge on any atom is -0.369 e. The van der Waals surface area contributed by atoms with E-state index < -0.39 is 10.0 Å². The van der Waals surface area contributed by atoms with Crippen molar-refractivity contribution in [3.05, 3.63) is 65.2 Å². The molecular weight excluding hydrogens is 386 g/mol. The van der Waals surface area contributed by atoms with Crippen LogP contribution in [0.25, 0.3) is 0 Å². The van der Waals surface area contributed by atoms with Crippen LogP contribution in [-0.2, 0) is 10.0 Å². The number of rotatable bonds is 6. The standard InChI is InChI=1S/C19H22ClN3O3S/c20-17-7-4-8-18(15-17)22-10-12-23(13-11-22)27(25,26)14-9-21-19(24)16-5-2-1-3-6-16/h1-8,15H,9-14H2,(H,21,24). The van der Waals surface area contributed by atoms with Crippen molar-refractivity contribution in [1.82, 2.24) is 9.62 Å². The van der Waals surface area contributed by atoms with Gasteiger partial charge in [0.25, 0.3) is 5.91 Å². The number of hydrogen-bond acceptors (Lipinski definition) is 4. The number of piperazine rings is 1. The Hall–Kier alpha value is -2.09. The van der Waals surface area contributed by atoms with Crippen LogP contribution in [0.3, 0.4) is 0 Å². The molecule has 144 valence electrons. The van der Waals surface area contributed by atoms with Crippen molar-refractivity contribution in [3.8, 4) is 0 Å². The average Bonchev–Trinajstić information content (AvgIpc) is 2.68. The van der Waals surface area contributed by atoms with Gasteiger partial charge in [0.15, 0.2) is 0 Å². The quantitative estimate of drug-likeness (QED) is 0.797. The number of nitrogens with one attached hydrogen (secondary N) is 1. The molecule has 0 aromatic heterocycles. The third-order valence-electron chi connectivity index (χ3n) is 4.49. The number of carbonyl (C=O) groups excluding carboxylic acids is 1. The number of nitrogens with zero attached hydrogens (tertiary/aromatic N) is 2. The van der Waals surface area contributed by atoms with Gasteiger partial charge in [-0.05, 0) is 30.3 Å². The molecule has 1 fully saturated rings. The molecule has 0 bridgehead atoms. The molecule has 2 aromatic rings. The highest BCUT2D eigenvalue weighted by Gasteiger charge is 2.27. The Morgan fingerprint density at radius 2 is 1.70 bits per heavy atom. The van der Waals surface area contributed by atoms with E-state index in [2.05, 4.69) is 10.2 Å². The SMILES string of the molecule is O=C(NCCS(=O)(=O)N1CCN(c2cccc(Cl)c2)CC1)c1ccccc1. The van der Waals surface area contributed by atoms with E-state index in [1.807, 2.05) is 30.3 Å². The van der Waals surface area contributed by atoms with Gasteiger partial charge in [-0.3, -0.25) is 4.79 Å². The molecule has 1 aliphatic rings. The second kappa shape index (κ2) is 8.73. The maximum Gasteiger partial charge on any atom is 0.251 e. The third-order valence-corrected chi connectivity index (χ3v) is 6.59. The van der Waals surface area contributed by atoms with Crippen molar-refractivity contribution in [2.45, 2.75) is 0 Å². The number of halogens is 1. The highest BCUT2D eigenvalue weighted by Crippen LogP contribution is 2.21. The van der Waals surface area contributed by atoms with Gasteiger partial charge in [0, 0.05) is 49.0 Å². The zero-order chi connectivity index (χ0) is 19.3. The molecule has 0 spiro atoms. The molecule has 0 aliphatic carbocycles. The molecule has 3 rings (SSSR count). The third kappa shape index (κ3) is 5.22. The van der Waals surface area contributed by atoms with Crippen molar-refractivity contribution in [2.24, 2.45) is 0 Å². The minimum absolute atomic E-state index is 0.0879. The van der Waals surface area contributed by atoms with E-state index in [0.717, 1.165) is 5.69 Å². The molecule has 2 aromatic carbocycles. The van der Waals surface area contributed by atoms with Crippen LogP contribution < -0.4 is 10.2 Å². The molecule has 0 radical (unpaired) electrons. The highest BCUT2D eigenvalue weighted by atomic mass is 35.5. The fraction of sp³-hybridized carbons (Fsp3) is 0.316. The molecule has 1 saturated heterocycles. The van der Waals surface area contributed by atoms with Crippen LogP contribution in [0.4, 0.5) is 5.69 Å². The van der Waals surface area contributed by atoms with E-state index in [1.165, 1.54) is 4.31 Å². The Balaban J connectivity index is 1.49. The second-order valence-corrected chi connectivity index (χ2v) is 8.83. The molecular formula is C19H22ClN3O3S. The molecule has 0 unspecified atom stereocenters. The molecule has 8 heteroatoms. The van der Waals surface area contributed by atoms with Crippen molar-refractivity contribution in [2.75, 3.05) is 43.4 Å². The number of benzene rings is 2. The van der Waals surface area contributed by atoms with Crippen LogP contribution in [-0.4, -0.2) is 57.1 Å². The Morgan fingerprint density at radius 1 is 1.00 bits per heavy atom. The van der Waals surface area contributed by atoms with E-state index in [1.54, 1.807) is 24.3 Å². The molecule has 0 atom stereocenters. The fourth-order valence-corrected chi connectivity index (χ4v) is 4.53. The lowest BCUT2D eigenvalue weighted by Crippen LogP contribution is -2.50. The summed E-state index contributed by atoms with van der Waals surface area (Å²) in [6.45, 7) is 2.14. The molecule has 1 amide bonds. The van der Waals surface area contributed by atoms with Gasteiger partial charge in [-0.1, -0.05) is 35.9 Å². The van der Waals surface area contributed by atoms with E-state index in [-0.39, 0.29) is 18.2 Å². The predicted octanol–water partition coefficient (Wildman–Crippen LogP) is 2.22. The van der Waals surface area contributed by atoms with Crippen molar-refractivity contribution >= 4 is 33.2 Å². The van der Waals surface area contributed by atoms with Gasteiger partial charge in [-0.2, -0.15) is 4.31 Å². The minimum atomic E-state index is -3.41. The van der Waals surface area contributed by atoms with Crippen LogP contribution in [0, 0.1) is 0 Å². The smallest absolute Gasteiger partial charge is 0.251 e. The average molecular weight is 408 g/mol. The van der Waals surface area contributed by atoms with Gasteiger partial charge in [0.05, 0.1) is 5.75 Å².